The van der Waals surface area contributed by atoms with Gasteiger partial charge >= 0.3 is 6.03 Å². The Bertz CT molecular complexity index is 662. The SMILES string of the molecule is CN(C)CCCN(C(=O)Nc1ccc(Cl)cc1)C1CCS(=O)(=O)C1. The molecule has 1 N–H and O–H groups in total. The van der Waals surface area contributed by atoms with Crippen LogP contribution in [0.5, 0.6) is 0 Å². The van der Waals surface area contributed by atoms with E-state index < -0.39 is 9.84 Å². The molecule has 0 spiro atoms. The number of urea groups is 1. The highest BCUT2D eigenvalue weighted by molar-refractivity contribution is 7.91. The summed E-state index contributed by atoms with van der Waals surface area (Å²) in [4.78, 5) is 16.3. The number of carbonyl (C=O) groups excluding carboxylic acids is 1. The zero-order valence-corrected chi connectivity index (χ0v) is 15.6. The third-order valence-corrected chi connectivity index (χ3v) is 6.01. The van der Waals surface area contributed by atoms with Crippen LogP contribution in [0.4, 0.5) is 10.5 Å². The molecule has 0 bridgehead atoms. The van der Waals surface area contributed by atoms with E-state index in [1.54, 1.807) is 29.2 Å². The molecule has 2 rings (SSSR count). The average molecular weight is 374 g/mol. The van der Waals surface area contributed by atoms with Gasteiger partial charge in [-0.15, -0.1) is 0 Å². The van der Waals surface area contributed by atoms with Crippen LogP contribution in [0, 0.1) is 0 Å². The first-order chi connectivity index (χ1) is 11.3. The second-order valence-electron chi connectivity index (χ2n) is 6.34. The van der Waals surface area contributed by atoms with Crippen LogP contribution in [0.15, 0.2) is 24.3 Å². The van der Waals surface area contributed by atoms with Crippen molar-refractivity contribution < 1.29 is 13.2 Å². The first-order valence-corrected chi connectivity index (χ1v) is 10.1. The number of amides is 2. The van der Waals surface area contributed by atoms with Gasteiger partial charge in [0.25, 0.3) is 0 Å². The maximum atomic E-state index is 12.6. The lowest BCUT2D eigenvalue weighted by molar-refractivity contribution is 0.190. The highest BCUT2D eigenvalue weighted by Gasteiger charge is 2.34. The number of carbonyl (C=O) groups is 1. The normalized spacial score (nSPS) is 19.4. The van der Waals surface area contributed by atoms with E-state index >= 15 is 0 Å². The predicted molar refractivity (Wildman–Crippen MR) is 97.4 cm³/mol. The molecule has 24 heavy (non-hydrogen) atoms. The molecule has 6 nitrogen and oxygen atoms in total. The Kier molecular flexibility index (Phi) is 6.48. The Morgan fingerprint density at radius 2 is 1.92 bits per heavy atom. The van der Waals surface area contributed by atoms with Crippen molar-refractivity contribution in [1.82, 2.24) is 9.80 Å². The molecule has 1 heterocycles. The number of sulfone groups is 1. The molecular weight excluding hydrogens is 350 g/mol. The molecule has 1 atom stereocenters. The summed E-state index contributed by atoms with van der Waals surface area (Å²) >= 11 is 5.85. The van der Waals surface area contributed by atoms with Crippen molar-refractivity contribution in [3.8, 4) is 0 Å². The number of hydrogen-bond acceptors (Lipinski definition) is 4. The molecule has 0 radical (unpaired) electrons. The fourth-order valence-corrected chi connectivity index (χ4v) is 4.61. The summed E-state index contributed by atoms with van der Waals surface area (Å²) in [5, 5.41) is 3.43. The molecule has 1 aliphatic heterocycles. The first-order valence-electron chi connectivity index (χ1n) is 7.95. The topological polar surface area (TPSA) is 69.7 Å². The number of halogens is 1. The summed E-state index contributed by atoms with van der Waals surface area (Å²) in [6.07, 6.45) is 1.29. The predicted octanol–water partition coefficient (Wildman–Crippen LogP) is 2.31. The Hall–Kier alpha value is -1.31. The summed E-state index contributed by atoms with van der Waals surface area (Å²) < 4.78 is 23.5. The van der Waals surface area contributed by atoms with E-state index in [-0.39, 0.29) is 23.6 Å². The maximum absolute atomic E-state index is 12.6. The minimum atomic E-state index is -3.04. The van der Waals surface area contributed by atoms with Crippen molar-refractivity contribution in [2.75, 3.05) is 44.0 Å². The summed E-state index contributed by atoms with van der Waals surface area (Å²) in [6.45, 7) is 1.36. The number of anilines is 1. The van der Waals surface area contributed by atoms with Gasteiger partial charge in [-0.05, 0) is 57.7 Å². The molecule has 2 amide bonds. The zero-order chi connectivity index (χ0) is 17.7. The lowest BCUT2D eigenvalue weighted by Gasteiger charge is -2.29. The van der Waals surface area contributed by atoms with Gasteiger partial charge < -0.3 is 15.1 Å². The standard InChI is InChI=1S/C16H24ClN3O3S/c1-19(2)9-3-10-20(15-8-11-24(22,23)12-15)16(21)18-14-6-4-13(17)5-7-14/h4-7,15H,3,8-12H2,1-2H3,(H,18,21). The van der Waals surface area contributed by atoms with E-state index in [0.717, 1.165) is 13.0 Å². The monoisotopic (exact) mass is 373 g/mol. The smallest absolute Gasteiger partial charge is 0.320 e. The molecule has 0 aliphatic carbocycles. The van der Waals surface area contributed by atoms with Crippen LogP contribution in [0.25, 0.3) is 0 Å². The van der Waals surface area contributed by atoms with Gasteiger partial charge in [-0.3, -0.25) is 0 Å². The molecule has 1 saturated heterocycles. The molecule has 1 aliphatic rings. The number of rotatable bonds is 6. The van der Waals surface area contributed by atoms with Crippen molar-refractivity contribution in [2.45, 2.75) is 18.9 Å². The highest BCUT2D eigenvalue weighted by Crippen LogP contribution is 2.20. The molecule has 1 fully saturated rings. The van der Waals surface area contributed by atoms with Crippen LogP contribution in [0.2, 0.25) is 5.02 Å². The fraction of sp³-hybridized carbons (Fsp3) is 0.562. The molecule has 0 aromatic heterocycles. The number of hydrogen-bond donors (Lipinski definition) is 1. The van der Waals surface area contributed by atoms with Crippen LogP contribution in [-0.2, 0) is 9.84 Å². The van der Waals surface area contributed by atoms with Crippen LogP contribution in [0.1, 0.15) is 12.8 Å². The van der Waals surface area contributed by atoms with Crippen molar-refractivity contribution in [2.24, 2.45) is 0 Å². The third-order valence-electron chi connectivity index (χ3n) is 4.01. The Morgan fingerprint density at radius 3 is 2.46 bits per heavy atom. The van der Waals surface area contributed by atoms with Crippen molar-refractivity contribution in [1.29, 1.82) is 0 Å². The minimum Gasteiger partial charge on any atom is -0.320 e. The second kappa shape index (κ2) is 8.18. The first kappa shape index (κ1) is 19.0. The van der Waals surface area contributed by atoms with E-state index in [4.69, 9.17) is 11.6 Å². The largest absolute Gasteiger partial charge is 0.322 e. The molecular formula is C16H24ClN3O3S. The number of benzene rings is 1. The van der Waals surface area contributed by atoms with Gasteiger partial charge in [0.05, 0.1) is 11.5 Å². The summed E-state index contributed by atoms with van der Waals surface area (Å²) in [7, 11) is 0.897. The van der Waals surface area contributed by atoms with Gasteiger partial charge in [0.1, 0.15) is 0 Å². The summed E-state index contributed by atoms with van der Waals surface area (Å²) in [5.41, 5.74) is 0.642. The minimum absolute atomic E-state index is 0.0446. The fourth-order valence-electron chi connectivity index (χ4n) is 2.76. The lowest BCUT2D eigenvalue weighted by Crippen LogP contribution is -2.44. The van der Waals surface area contributed by atoms with Crippen LogP contribution >= 0.6 is 11.6 Å². The zero-order valence-electron chi connectivity index (χ0n) is 14.0. The molecule has 0 saturated carbocycles. The maximum Gasteiger partial charge on any atom is 0.322 e. The molecule has 1 aromatic rings. The lowest BCUT2D eigenvalue weighted by atomic mass is 10.2. The van der Waals surface area contributed by atoms with Gasteiger partial charge in [-0.25, -0.2) is 13.2 Å². The van der Waals surface area contributed by atoms with E-state index in [1.807, 2.05) is 19.0 Å². The van der Waals surface area contributed by atoms with Crippen LogP contribution in [-0.4, -0.2) is 69.0 Å². The van der Waals surface area contributed by atoms with Gasteiger partial charge in [-0.1, -0.05) is 11.6 Å². The molecule has 1 unspecified atom stereocenters. The second-order valence-corrected chi connectivity index (χ2v) is 9.01. The van der Waals surface area contributed by atoms with E-state index in [2.05, 4.69) is 5.32 Å². The van der Waals surface area contributed by atoms with E-state index in [0.29, 0.717) is 23.7 Å². The molecule has 1 aromatic carbocycles. The quantitative estimate of drug-likeness (QED) is 0.830. The number of nitrogens with one attached hydrogen (secondary N) is 1. The van der Waals surface area contributed by atoms with E-state index in [9.17, 15) is 13.2 Å². The Labute approximate surface area is 148 Å². The van der Waals surface area contributed by atoms with Crippen molar-refractivity contribution >= 4 is 33.2 Å². The van der Waals surface area contributed by atoms with Gasteiger partial charge in [0, 0.05) is 23.3 Å². The van der Waals surface area contributed by atoms with Gasteiger partial charge in [0.15, 0.2) is 9.84 Å². The number of nitrogens with zero attached hydrogens (tertiary/aromatic N) is 2. The Balaban J connectivity index is 2.05. The third kappa shape index (κ3) is 5.65. The van der Waals surface area contributed by atoms with Gasteiger partial charge in [-0.2, -0.15) is 0 Å². The van der Waals surface area contributed by atoms with Crippen molar-refractivity contribution in [3.63, 3.8) is 0 Å². The molecule has 8 heteroatoms. The van der Waals surface area contributed by atoms with Crippen molar-refractivity contribution in [3.05, 3.63) is 29.3 Å². The van der Waals surface area contributed by atoms with Crippen LogP contribution < -0.4 is 5.32 Å². The van der Waals surface area contributed by atoms with Gasteiger partial charge in [0.2, 0.25) is 0 Å². The Morgan fingerprint density at radius 1 is 1.25 bits per heavy atom. The summed E-state index contributed by atoms with van der Waals surface area (Å²) in [5.74, 6) is 0.194. The van der Waals surface area contributed by atoms with E-state index in [1.165, 1.54) is 0 Å². The molecule has 134 valence electrons. The summed E-state index contributed by atoms with van der Waals surface area (Å²) in [6, 6.07) is 6.33. The average Bonchev–Trinajstić information content (AvgIpc) is 2.85. The van der Waals surface area contributed by atoms with Crippen LogP contribution in [0.3, 0.4) is 0 Å². The highest BCUT2D eigenvalue weighted by atomic mass is 35.5.